The zero-order valence-corrected chi connectivity index (χ0v) is 18.4. The molecule has 1 saturated heterocycles. The number of methoxy groups -OCH3 is 1. The molecule has 1 fully saturated rings. The van der Waals surface area contributed by atoms with Crippen LogP contribution in [0, 0.1) is 0 Å². The highest BCUT2D eigenvalue weighted by Crippen LogP contribution is 2.20. The van der Waals surface area contributed by atoms with Crippen LogP contribution in [0.5, 0.6) is 0 Å². The topological polar surface area (TPSA) is 84.9 Å². The molecule has 0 unspecified atom stereocenters. The molecule has 2 amide bonds. The van der Waals surface area contributed by atoms with Gasteiger partial charge >= 0.3 is 12.1 Å². The number of allylic oxidation sites excluding steroid dienone is 1. The van der Waals surface area contributed by atoms with Gasteiger partial charge < -0.3 is 14.8 Å². The number of rotatable bonds is 12. The van der Waals surface area contributed by atoms with Gasteiger partial charge in [0.2, 0.25) is 5.91 Å². The molecule has 0 radical (unpaired) electrons. The zero-order chi connectivity index (χ0) is 22.5. The number of carbonyl (C=O) groups is 3. The molecular weight excluding hydrogens is 396 g/mol. The van der Waals surface area contributed by atoms with Crippen LogP contribution in [0.2, 0.25) is 0 Å². The summed E-state index contributed by atoms with van der Waals surface area (Å²) in [4.78, 5) is 39.0. The fourth-order valence-corrected chi connectivity index (χ4v) is 3.71. The Morgan fingerprint density at radius 3 is 2.65 bits per heavy atom. The van der Waals surface area contributed by atoms with Crippen LogP contribution >= 0.6 is 0 Å². The van der Waals surface area contributed by atoms with Crippen molar-refractivity contribution in [3.05, 3.63) is 48.6 Å². The third kappa shape index (κ3) is 8.07. The molecule has 2 atom stereocenters. The molecule has 7 nitrogen and oxygen atoms in total. The molecule has 1 aliphatic heterocycles. The maximum Gasteiger partial charge on any atom is 0.410 e. The molecule has 0 spiro atoms. The lowest BCUT2D eigenvalue weighted by Gasteiger charge is -2.25. The molecule has 31 heavy (non-hydrogen) atoms. The summed E-state index contributed by atoms with van der Waals surface area (Å²) in [6, 6.07) is 8.05. The van der Waals surface area contributed by atoms with E-state index in [1.807, 2.05) is 36.4 Å². The van der Waals surface area contributed by atoms with Crippen molar-refractivity contribution in [1.82, 2.24) is 10.2 Å². The Bertz CT molecular complexity index is 722. The quantitative estimate of drug-likeness (QED) is 0.308. The number of benzene rings is 1. The molecule has 7 heteroatoms. The highest BCUT2D eigenvalue weighted by atomic mass is 16.6. The van der Waals surface area contributed by atoms with E-state index in [1.54, 1.807) is 0 Å². The first-order valence-corrected chi connectivity index (χ1v) is 11.0. The molecule has 1 aromatic carbocycles. The third-order valence-corrected chi connectivity index (χ3v) is 5.45. The van der Waals surface area contributed by atoms with Crippen LogP contribution in [0.3, 0.4) is 0 Å². The standard InChI is InChI=1S/C24H34N2O5/c1-3-4-5-6-7-11-15-20(23(28)30-2)25-22(27)21-16-12-17-26(21)24(29)31-18-19-13-9-8-10-14-19/h3,8-10,13-14,20-21H,1,4-7,11-12,15-18H2,2H3,(H,25,27)/t20-,21-/m1/s1. The van der Waals surface area contributed by atoms with Crippen LogP contribution in [0.4, 0.5) is 4.79 Å². The average Bonchev–Trinajstić information content (AvgIpc) is 3.29. The molecule has 0 aliphatic carbocycles. The largest absolute Gasteiger partial charge is 0.467 e. The van der Waals surface area contributed by atoms with E-state index >= 15 is 0 Å². The average molecular weight is 431 g/mol. The molecule has 0 aromatic heterocycles. The van der Waals surface area contributed by atoms with Crippen molar-refractivity contribution >= 4 is 18.0 Å². The van der Waals surface area contributed by atoms with Crippen molar-refractivity contribution in [3.8, 4) is 0 Å². The molecule has 1 aliphatic rings. The summed E-state index contributed by atoms with van der Waals surface area (Å²) in [5.74, 6) is -0.799. The third-order valence-electron chi connectivity index (χ3n) is 5.45. The Kier molecular flexibility index (Phi) is 10.6. The number of ether oxygens (including phenoxy) is 2. The van der Waals surface area contributed by atoms with Crippen LogP contribution < -0.4 is 5.32 Å². The second-order valence-electron chi connectivity index (χ2n) is 7.76. The van der Waals surface area contributed by atoms with Gasteiger partial charge in [0, 0.05) is 6.54 Å². The normalized spacial score (nSPS) is 16.4. The molecule has 1 heterocycles. The van der Waals surface area contributed by atoms with Crippen LogP contribution in [0.1, 0.15) is 56.9 Å². The number of hydrogen-bond donors (Lipinski definition) is 1. The number of likely N-dealkylation sites (tertiary alicyclic amines) is 1. The minimum atomic E-state index is -0.709. The first-order valence-electron chi connectivity index (χ1n) is 11.0. The van der Waals surface area contributed by atoms with Crippen molar-refractivity contribution in [2.45, 2.75) is 70.1 Å². The Labute approximate surface area is 184 Å². The summed E-state index contributed by atoms with van der Waals surface area (Å²) in [6.45, 7) is 4.32. The lowest BCUT2D eigenvalue weighted by molar-refractivity contribution is -0.145. The zero-order valence-electron chi connectivity index (χ0n) is 18.4. The molecule has 1 N–H and O–H groups in total. The van der Waals surface area contributed by atoms with Crippen molar-refractivity contribution in [2.75, 3.05) is 13.7 Å². The first kappa shape index (κ1) is 24.4. The lowest BCUT2D eigenvalue weighted by Crippen LogP contribution is -2.51. The lowest BCUT2D eigenvalue weighted by atomic mass is 10.1. The first-order chi connectivity index (χ1) is 15.1. The van der Waals surface area contributed by atoms with E-state index in [0.29, 0.717) is 25.8 Å². The van der Waals surface area contributed by atoms with Crippen molar-refractivity contribution in [3.63, 3.8) is 0 Å². The van der Waals surface area contributed by atoms with Crippen molar-refractivity contribution < 1.29 is 23.9 Å². The fourth-order valence-electron chi connectivity index (χ4n) is 3.71. The van der Waals surface area contributed by atoms with Gasteiger partial charge in [0.15, 0.2) is 0 Å². The Hall–Kier alpha value is -2.83. The molecule has 170 valence electrons. The predicted octanol–water partition coefficient (Wildman–Crippen LogP) is 3.97. The van der Waals surface area contributed by atoms with Crippen molar-refractivity contribution in [2.24, 2.45) is 0 Å². The molecule has 2 rings (SSSR count). The second-order valence-corrected chi connectivity index (χ2v) is 7.76. The highest BCUT2D eigenvalue weighted by Gasteiger charge is 2.36. The van der Waals surface area contributed by atoms with Gasteiger partial charge in [-0.25, -0.2) is 9.59 Å². The van der Waals surface area contributed by atoms with Gasteiger partial charge in [0.1, 0.15) is 18.7 Å². The number of hydrogen-bond acceptors (Lipinski definition) is 5. The van der Waals surface area contributed by atoms with E-state index in [1.165, 1.54) is 12.0 Å². The van der Waals surface area contributed by atoms with E-state index < -0.39 is 24.1 Å². The van der Waals surface area contributed by atoms with E-state index in [-0.39, 0.29) is 12.5 Å². The number of unbranched alkanes of at least 4 members (excludes halogenated alkanes) is 4. The maximum atomic E-state index is 12.9. The van der Waals surface area contributed by atoms with Gasteiger partial charge in [0.25, 0.3) is 0 Å². The van der Waals surface area contributed by atoms with E-state index in [9.17, 15) is 14.4 Å². The van der Waals surface area contributed by atoms with Crippen LogP contribution in [0.25, 0.3) is 0 Å². The van der Waals surface area contributed by atoms with Crippen molar-refractivity contribution in [1.29, 1.82) is 0 Å². The second kappa shape index (κ2) is 13.5. The smallest absolute Gasteiger partial charge is 0.410 e. The fraction of sp³-hybridized carbons (Fsp3) is 0.542. The summed E-state index contributed by atoms with van der Waals surface area (Å²) in [5.41, 5.74) is 0.884. The van der Waals surface area contributed by atoms with Crippen LogP contribution in [-0.2, 0) is 25.7 Å². The van der Waals surface area contributed by atoms with Gasteiger partial charge in [-0.15, -0.1) is 6.58 Å². The summed E-state index contributed by atoms with van der Waals surface area (Å²) < 4.78 is 10.2. The number of esters is 1. The number of nitrogens with one attached hydrogen (secondary N) is 1. The van der Waals surface area contributed by atoms with E-state index in [2.05, 4.69) is 11.9 Å². The van der Waals surface area contributed by atoms with Gasteiger partial charge in [-0.2, -0.15) is 0 Å². The maximum absolute atomic E-state index is 12.9. The Morgan fingerprint density at radius 1 is 1.19 bits per heavy atom. The molecule has 0 saturated carbocycles. The van der Waals surface area contributed by atoms with E-state index in [0.717, 1.165) is 37.7 Å². The van der Waals surface area contributed by atoms with Crippen LogP contribution in [0.15, 0.2) is 43.0 Å². The summed E-state index contributed by atoms with van der Waals surface area (Å²) in [6.07, 6.45) is 8.04. The number of amides is 2. The Balaban J connectivity index is 1.86. The minimum absolute atomic E-state index is 0.154. The monoisotopic (exact) mass is 430 g/mol. The molecular formula is C24H34N2O5. The minimum Gasteiger partial charge on any atom is -0.467 e. The molecule has 0 bridgehead atoms. The summed E-state index contributed by atoms with van der Waals surface area (Å²) >= 11 is 0. The SMILES string of the molecule is C=CCCCCCC[C@@H](NC(=O)[C@H]1CCCN1C(=O)OCc1ccccc1)C(=O)OC. The Morgan fingerprint density at radius 2 is 1.94 bits per heavy atom. The van der Waals surface area contributed by atoms with Gasteiger partial charge in [-0.1, -0.05) is 55.7 Å². The summed E-state index contributed by atoms with van der Waals surface area (Å²) in [7, 11) is 1.31. The number of nitrogens with zero attached hydrogens (tertiary/aromatic N) is 1. The van der Waals surface area contributed by atoms with Crippen LogP contribution in [-0.4, -0.2) is 48.6 Å². The van der Waals surface area contributed by atoms with Gasteiger partial charge in [0.05, 0.1) is 7.11 Å². The predicted molar refractivity (Wildman–Crippen MR) is 118 cm³/mol. The van der Waals surface area contributed by atoms with Gasteiger partial charge in [-0.3, -0.25) is 9.69 Å². The highest BCUT2D eigenvalue weighted by molar-refractivity contribution is 5.90. The summed E-state index contributed by atoms with van der Waals surface area (Å²) in [5, 5.41) is 2.79. The van der Waals surface area contributed by atoms with E-state index in [4.69, 9.17) is 9.47 Å². The molecule has 1 aromatic rings. The van der Waals surface area contributed by atoms with Gasteiger partial charge in [-0.05, 0) is 37.7 Å². The number of carbonyl (C=O) groups excluding carboxylic acids is 3.